The maximum Gasteiger partial charge on any atom is 0.263 e. The average Bonchev–Trinajstić information content (AvgIpc) is 2.71. The van der Waals surface area contributed by atoms with Crippen molar-refractivity contribution in [1.82, 2.24) is 5.32 Å². The minimum atomic E-state index is -0.245. The van der Waals surface area contributed by atoms with Crippen molar-refractivity contribution in [3.8, 4) is 6.07 Å². The lowest BCUT2D eigenvalue weighted by Crippen LogP contribution is -2.27. The molecule has 0 aromatic carbocycles. The van der Waals surface area contributed by atoms with Gasteiger partial charge in [-0.1, -0.05) is 13.8 Å². The van der Waals surface area contributed by atoms with Crippen LogP contribution in [0.15, 0.2) is 0 Å². The number of anilines is 2. The van der Waals surface area contributed by atoms with Crippen LogP contribution in [-0.4, -0.2) is 26.0 Å². The maximum atomic E-state index is 11.7. The molecule has 0 fully saturated rings. The second-order valence-electron chi connectivity index (χ2n) is 4.65. The third-order valence-corrected chi connectivity index (χ3v) is 3.99. The molecule has 0 unspecified atom stereocenters. The molecule has 3 N–H and O–H groups in total. The van der Waals surface area contributed by atoms with E-state index in [-0.39, 0.29) is 11.6 Å². The summed E-state index contributed by atoms with van der Waals surface area (Å²) in [7, 11) is 1.55. The van der Waals surface area contributed by atoms with Gasteiger partial charge in [-0.15, -0.1) is 11.3 Å². The largest absolute Gasteiger partial charge is 0.396 e. The van der Waals surface area contributed by atoms with E-state index in [1.807, 2.05) is 6.92 Å². The first-order valence-electron chi connectivity index (χ1n) is 6.25. The van der Waals surface area contributed by atoms with Gasteiger partial charge in [0.25, 0.3) is 5.91 Å². The number of nitrogens with one attached hydrogen (secondary N) is 1. The standard InChI is InChI=1S/C13H20N4OS/c1-5-17(7-8(2)3)13-9(6-14)10(15)11(19-13)12(18)16-4/h8H,5,7,15H2,1-4H3,(H,16,18). The number of hydrogen-bond acceptors (Lipinski definition) is 5. The van der Waals surface area contributed by atoms with Crippen molar-refractivity contribution < 1.29 is 4.79 Å². The fourth-order valence-electron chi connectivity index (χ4n) is 1.84. The normalized spacial score (nSPS) is 10.3. The molecule has 0 aliphatic carbocycles. The van der Waals surface area contributed by atoms with Gasteiger partial charge in [0.05, 0.1) is 5.69 Å². The Balaban J connectivity index is 3.27. The average molecular weight is 280 g/mol. The van der Waals surface area contributed by atoms with Crippen molar-refractivity contribution in [3.05, 3.63) is 10.4 Å². The highest BCUT2D eigenvalue weighted by Gasteiger charge is 2.23. The number of hydrogen-bond donors (Lipinski definition) is 2. The van der Waals surface area contributed by atoms with E-state index < -0.39 is 0 Å². The van der Waals surface area contributed by atoms with Gasteiger partial charge in [0.2, 0.25) is 0 Å². The van der Waals surface area contributed by atoms with Crippen LogP contribution in [-0.2, 0) is 0 Å². The molecule has 0 saturated heterocycles. The van der Waals surface area contributed by atoms with Crippen LogP contribution in [0.2, 0.25) is 0 Å². The topological polar surface area (TPSA) is 82.2 Å². The van der Waals surface area contributed by atoms with Gasteiger partial charge in [-0.05, 0) is 12.8 Å². The van der Waals surface area contributed by atoms with E-state index in [0.717, 1.165) is 18.1 Å². The Bertz CT molecular complexity index is 501. The van der Waals surface area contributed by atoms with Crippen LogP contribution in [0.4, 0.5) is 10.7 Å². The van der Waals surface area contributed by atoms with Crippen molar-refractivity contribution in [3.63, 3.8) is 0 Å². The molecule has 0 saturated carbocycles. The van der Waals surface area contributed by atoms with Gasteiger partial charge >= 0.3 is 0 Å². The number of thiophene rings is 1. The molecule has 0 radical (unpaired) electrons. The third kappa shape index (κ3) is 3.18. The highest BCUT2D eigenvalue weighted by molar-refractivity contribution is 7.19. The highest BCUT2D eigenvalue weighted by atomic mass is 32.1. The first-order chi connectivity index (χ1) is 8.96. The van der Waals surface area contributed by atoms with Gasteiger partial charge in [0.15, 0.2) is 0 Å². The number of carbonyl (C=O) groups excluding carboxylic acids is 1. The van der Waals surface area contributed by atoms with E-state index in [9.17, 15) is 10.1 Å². The molecule has 19 heavy (non-hydrogen) atoms. The van der Waals surface area contributed by atoms with Crippen LogP contribution in [0.25, 0.3) is 0 Å². The number of nitrogens with zero attached hydrogens (tertiary/aromatic N) is 2. The van der Waals surface area contributed by atoms with Crippen molar-refractivity contribution >= 4 is 27.9 Å². The summed E-state index contributed by atoms with van der Waals surface area (Å²) in [4.78, 5) is 14.2. The van der Waals surface area contributed by atoms with Crippen molar-refractivity contribution in [2.45, 2.75) is 20.8 Å². The van der Waals surface area contributed by atoms with Crippen LogP contribution in [0.5, 0.6) is 0 Å². The molecule has 1 rings (SSSR count). The predicted molar refractivity (Wildman–Crippen MR) is 79.6 cm³/mol. The van der Waals surface area contributed by atoms with E-state index in [2.05, 4.69) is 30.1 Å². The van der Waals surface area contributed by atoms with Gasteiger partial charge in [0.1, 0.15) is 21.5 Å². The molecule has 1 aromatic heterocycles. The highest BCUT2D eigenvalue weighted by Crippen LogP contribution is 2.37. The molecule has 0 atom stereocenters. The van der Waals surface area contributed by atoms with Crippen LogP contribution >= 0.6 is 11.3 Å². The van der Waals surface area contributed by atoms with Crippen LogP contribution in [0.3, 0.4) is 0 Å². The van der Waals surface area contributed by atoms with E-state index in [1.54, 1.807) is 7.05 Å². The van der Waals surface area contributed by atoms with Crippen molar-refractivity contribution in [1.29, 1.82) is 5.26 Å². The summed E-state index contributed by atoms with van der Waals surface area (Å²) in [5, 5.41) is 12.6. The zero-order chi connectivity index (χ0) is 14.6. The van der Waals surface area contributed by atoms with Crippen molar-refractivity contribution in [2.24, 2.45) is 5.92 Å². The lowest BCUT2D eigenvalue weighted by molar-refractivity contribution is 0.0968. The summed E-state index contributed by atoms with van der Waals surface area (Å²) in [6, 6.07) is 2.12. The summed E-state index contributed by atoms with van der Waals surface area (Å²) in [5.74, 6) is 0.226. The molecular formula is C13H20N4OS. The lowest BCUT2D eigenvalue weighted by atomic mass is 10.2. The zero-order valence-electron chi connectivity index (χ0n) is 11.8. The molecular weight excluding hydrogens is 260 g/mol. The molecule has 1 amide bonds. The SMILES string of the molecule is CCN(CC(C)C)c1sc(C(=O)NC)c(N)c1C#N. The van der Waals surface area contributed by atoms with E-state index >= 15 is 0 Å². The Morgan fingerprint density at radius 2 is 2.21 bits per heavy atom. The number of nitrogens with two attached hydrogens (primary N) is 1. The van der Waals surface area contributed by atoms with Gasteiger partial charge in [-0.3, -0.25) is 4.79 Å². The van der Waals surface area contributed by atoms with Gasteiger partial charge in [-0.25, -0.2) is 0 Å². The fraction of sp³-hybridized carbons (Fsp3) is 0.538. The Hall–Kier alpha value is -1.74. The minimum absolute atomic E-state index is 0.245. The summed E-state index contributed by atoms with van der Waals surface area (Å²) in [5.41, 5.74) is 6.60. The molecule has 0 spiro atoms. The number of nitriles is 1. The summed E-state index contributed by atoms with van der Waals surface area (Å²) >= 11 is 1.28. The molecule has 0 aliphatic rings. The quantitative estimate of drug-likeness (QED) is 0.864. The van der Waals surface area contributed by atoms with Gasteiger partial charge in [-0.2, -0.15) is 5.26 Å². The Morgan fingerprint density at radius 3 is 2.63 bits per heavy atom. The summed E-state index contributed by atoms with van der Waals surface area (Å²) in [6.07, 6.45) is 0. The molecule has 1 aromatic rings. The molecule has 6 heteroatoms. The van der Waals surface area contributed by atoms with E-state index in [4.69, 9.17) is 5.73 Å². The molecule has 104 valence electrons. The molecule has 0 bridgehead atoms. The van der Waals surface area contributed by atoms with E-state index in [0.29, 0.717) is 16.4 Å². The van der Waals surface area contributed by atoms with Crippen LogP contribution < -0.4 is 16.0 Å². The predicted octanol–water partition coefficient (Wildman–Crippen LogP) is 2.04. The number of rotatable bonds is 5. The first-order valence-corrected chi connectivity index (χ1v) is 7.07. The Labute approximate surface area is 118 Å². The monoisotopic (exact) mass is 280 g/mol. The first kappa shape index (κ1) is 15.3. The zero-order valence-corrected chi connectivity index (χ0v) is 12.6. The second kappa shape index (κ2) is 6.43. The third-order valence-electron chi connectivity index (χ3n) is 2.73. The summed E-state index contributed by atoms with van der Waals surface area (Å²) < 4.78 is 0. The van der Waals surface area contributed by atoms with Gasteiger partial charge in [0, 0.05) is 20.1 Å². The second-order valence-corrected chi connectivity index (χ2v) is 5.65. The van der Waals surface area contributed by atoms with Crippen LogP contribution in [0.1, 0.15) is 36.0 Å². The van der Waals surface area contributed by atoms with Gasteiger partial charge < -0.3 is 16.0 Å². The minimum Gasteiger partial charge on any atom is -0.396 e. The molecule has 5 nitrogen and oxygen atoms in total. The Kier molecular flexibility index (Phi) is 5.19. The fourth-order valence-corrected chi connectivity index (χ4v) is 3.03. The smallest absolute Gasteiger partial charge is 0.263 e. The van der Waals surface area contributed by atoms with Crippen molar-refractivity contribution in [2.75, 3.05) is 30.8 Å². The molecule has 1 heterocycles. The lowest BCUT2D eigenvalue weighted by Gasteiger charge is -2.23. The van der Waals surface area contributed by atoms with Crippen LogP contribution in [0, 0.1) is 17.2 Å². The van der Waals surface area contributed by atoms with E-state index in [1.165, 1.54) is 11.3 Å². The maximum absolute atomic E-state index is 11.7. The number of amides is 1. The number of carbonyl (C=O) groups is 1. The number of nitrogen functional groups attached to an aromatic ring is 1. The molecule has 0 aliphatic heterocycles. The summed E-state index contributed by atoms with van der Waals surface area (Å²) in [6.45, 7) is 7.87. The Morgan fingerprint density at radius 1 is 1.58 bits per heavy atom.